The highest BCUT2D eigenvalue weighted by molar-refractivity contribution is 7.13. The summed E-state index contributed by atoms with van der Waals surface area (Å²) in [6.45, 7) is 8.50. The molecule has 4 aromatic rings. The van der Waals surface area contributed by atoms with Crippen molar-refractivity contribution in [2.75, 3.05) is 25.6 Å². The van der Waals surface area contributed by atoms with E-state index in [0.717, 1.165) is 28.0 Å². The molecule has 1 aliphatic rings. The van der Waals surface area contributed by atoms with Crippen LogP contribution in [0, 0.1) is 6.92 Å². The van der Waals surface area contributed by atoms with Crippen LogP contribution in [0.15, 0.2) is 47.8 Å². The number of hydrogen-bond acceptors (Lipinski definition) is 9. The molecular formula is C36H39N5O6S. The zero-order chi connectivity index (χ0) is 34.5. The lowest BCUT2D eigenvalue weighted by molar-refractivity contribution is 0.0594. The highest BCUT2D eigenvalue weighted by Gasteiger charge is 2.28. The molecular weight excluding hydrogens is 630 g/mol. The molecule has 0 saturated heterocycles. The Bertz CT molecular complexity index is 1900. The number of carbonyl (C=O) groups excluding carboxylic acids is 4. The van der Waals surface area contributed by atoms with Crippen LogP contribution in [0.25, 0.3) is 21.6 Å². The largest absolute Gasteiger partial charge is 0.493 e. The average Bonchev–Trinajstić information content (AvgIpc) is 3.47. The van der Waals surface area contributed by atoms with Gasteiger partial charge in [0.25, 0.3) is 17.7 Å². The second-order valence-corrected chi connectivity index (χ2v) is 12.6. The smallest absolute Gasteiger partial charge is 0.357 e. The van der Waals surface area contributed by atoms with Crippen LogP contribution in [0.2, 0.25) is 0 Å². The molecule has 5 rings (SSSR count). The van der Waals surface area contributed by atoms with Crippen molar-refractivity contribution in [3.8, 4) is 27.3 Å². The SMILES string of the molecule is CCCNC(=O)c1ccc(-c2cc3c(cc2C(=O)Nc2c(C)cc(CN)cc2C(=O)NC(C)C)-c2sccc2CCO3)c(C(=O)OC)n1. The number of nitrogens with zero attached hydrogens (tertiary/aromatic N) is 1. The Hall–Kier alpha value is -5.07. The van der Waals surface area contributed by atoms with Crippen molar-refractivity contribution in [2.45, 2.75) is 53.1 Å². The Morgan fingerprint density at radius 2 is 1.79 bits per heavy atom. The van der Waals surface area contributed by atoms with E-state index in [2.05, 4.69) is 20.9 Å². The zero-order valence-corrected chi connectivity index (χ0v) is 28.4. The summed E-state index contributed by atoms with van der Waals surface area (Å²) in [5, 5.41) is 10.6. The van der Waals surface area contributed by atoms with Crippen molar-refractivity contribution in [3.05, 3.63) is 87.0 Å². The van der Waals surface area contributed by atoms with Crippen LogP contribution in [-0.2, 0) is 17.7 Å². The van der Waals surface area contributed by atoms with Crippen molar-refractivity contribution in [3.63, 3.8) is 0 Å². The van der Waals surface area contributed by atoms with E-state index in [1.54, 1.807) is 42.5 Å². The minimum absolute atomic E-state index is 0.0317. The van der Waals surface area contributed by atoms with Gasteiger partial charge >= 0.3 is 5.97 Å². The van der Waals surface area contributed by atoms with Crippen LogP contribution in [0.4, 0.5) is 5.69 Å². The Morgan fingerprint density at radius 3 is 2.50 bits per heavy atom. The second kappa shape index (κ2) is 14.8. The summed E-state index contributed by atoms with van der Waals surface area (Å²) in [5.74, 6) is -1.57. The maximum absolute atomic E-state index is 14.5. The third-order valence-electron chi connectivity index (χ3n) is 7.85. The molecule has 250 valence electrons. The molecule has 48 heavy (non-hydrogen) atoms. The van der Waals surface area contributed by atoms with Gasteiger partial charge < -0.3 is 31.2 Å². The maximum atomic E-state index is 14.5. The number of thiophene rings is 1. The van der Waals surface area contributed by atoms with E-state index in [1.807, 2.05) is 38.3 Å². The van der Waals surface area contributed by atoms with Crippen LogP contribution in [-0.4, -0.2) is 55.0 Å². The summed E-state index contributed by atoms with van der Waals surface area (Å²) < 4.78 is 11.3. The molecule has 0 atom stereocenters. The summed E-state index contributed by atoms with van der Waals surface area (Å²) in [7, 11) is 1.22. The van der Waals surface area contributed by atoms with Gasteiger partial charge in [-0.15, -0.1) is 11.3 Å². The normalized spacial score (nSPS) is 11.9. The Morgan fingerprint density at radius 1 is 1.00 bits per heavy atom. The van der Waals surface area contributed by atoms with Gasteiger partial charge in [-0.3, -0.25) is 14.4 Å². The van der Waals surface area contributed by atoms with Crippen molar-refractivity contribution in [1.82, 2.24) is 15.6 Å². The number of hydrogen-bond donors (Lipinski definition) is 4. The fraction of sp³-hybridized carbons (Fsp3) is 0.306. The first kappa shape index (κ1) is 34.3. The lowest BCUT2D eigenvalue weighted by atomic mass is 9.93. The number of nitrogens with two attached hydrogens (primary N) is 1. The Balaban J connectivity index is 1.71. The summed E-state index contributed by atoms with van der Waals surface area (Å²) in [6.07, 6.45) is 1.41. The predicted molar refractivity (Wildman–Crippen MR) is 186 cm³/mol. The molecule has 0 saturated carbocycles. The number of esters is 1. The highest BCUT2D eigenvalue weighted by Crippen LogP contribution is 2.43. The molecule has 11 nitrogen and oxygen atoms in total. The van der Waals surface area contributed by atoms with Crippen LogP contribution < -0.4 is 26.4 Å². The number of amides is 3. The molecule has 0 fully saturated rings. The number of nitrogens with one attached hydrogen (secondary N) is 3. The lowest BCUT2D eigenvalue weighted by Gasteiger charge is -2.20. The lowest BCUT2D eigenvalue weighted by Crippen LogP contribution is -2.31. The van der Waals surface area contributed by atoms with Gasteiger partial charge in [0, 0.05) is 52.7 Å². The summed E-state index contributed by atoms with van der Waals surface area (Å²) in [4.78, 5) is 59.1. The molecule has 0 spiro atoms. The van der Waals surface area contributed by atoms with Gasteiger partial charge in [-0.05, 0) is 85.7 Å². The first-order valence-corrected chi connectivity index (χ1v) is 16.6. The minimum Gasteiger partial charge on any atom is -0.493 e. The number of anilines is 1. The average molecular weight is 670 g/mol. The van der Waals surface area contributed by atoms with E-state index in [1.165, 1.54) is 13.2 Å². The molecule has 2 aromatic carbocycles. The molecule has 1 aliphatic heterocycles. The molecule has 3 amide bonds. The van der Waals surface area contributed by atoms with Gasteiger partial charge in [-0.1, -0.05) is 13.0 Å². The highest BCUT2D eigenvalue weighted by atomic mass is 32.1. The minimum atomic E-state index is -0.779. The van der Waals surface area contributed by atoms with Gasteiger partial charge in [0.2, 0.25) is 0 Å². The monoisotopic (exact) mass is 669 g/mol. The summed E-state index contributed by atoms with van der Waals surface area (Å²) >= 11 is 1.54. The van der Waals surface area contributed by atoms with Crippen LogP contribution in [0.1, 0.15) is 85.6 Å². The van der Waals surface area contributed by atoms with E-state index >= 15 is 0 Å². The molecule has 3 heterocycles. The van der Waals surface area contributed by atoms with Gasteiger partial charge in [-0.2, -0.15) is 0 Å². The number of benzene rings is 2. The molecule has 0 bridgehead atoms. The van der Waals surface area contributed by atoms with Crippen molar-refractivity contribution >= 4 is 40.7 Å². The van der Waals surface area contributed by atoms with E-state index < -0.39 is 17.8 Å². The van der Waals surface area contributed by atoms with Crippen molar-refractivity contribution in [1.29, 1.82) is 0 Å². The molecule has 0 unspecified atom stereocenters. The fourth-order valence-corrected chi connectivity index (χ4v) is 6.53. The summed E-state index contributed by atoms with van der Waals surface area (Å²) in [5.41, 5.74) is 10.5. The number of aromatic nitrogens is 1. The maximum Gasteiger partial charge on any atom is 0.357 e. The van der Waals surface area contributed by atoms with E-state index in [9.17, 15) is 19.2 Å². The van der Waals surface area contributed by atoms with Gasteiger partial charge in [0.05, 0.1) is 25.0 Å². The van der Waals surface area contributed by atoms with Crippen LogP contribution in [0.3, 0.4) is 0 Å². The molecule has 12 heteroatoms. The topological polar surface area (TPSA) is 162 Å². The number of carbonyl (C=O) groups is 4. The van der Waals surface area contributed by atoms with Crippen molar-refractivity contribution < 1.29 is 28.7 Å². The summed E-state index contributed by atoms with van der Waals surface area (Å²) in [6, 6.07) is 11.9. The molecule has 2 aromatic heterocycles. The van der Waals surface area contributed by atoms with Crippen molar-refractivity contribution in [2.24, 2.45) is 5.73 Å². The standard InChI is InChI=1S/C36H39N5O6S/c1-6-11-38-35(44)28-8-7-23(31(40-28)36(45)46-5)24-17-29-26(32-22(9-12-47-29)10-13-48-32)16-25(24)33(42)41-30-20(4)14-21(18-37)15-27(30)34(43)39-19(2)3/h7-8,10,13-17,19H,6,9,11-12,18,37H2,1-5H3,(H,38,44)(H,39,43)(H,41,42). The van der Waals surface area contributed by atoms with E-state index in [-0.39, 0.29) is 46.6 Å². The van der Waals surface area contributed by atoms with Crippen LogP contribution in [0.5, 0.6) is 5.75 Å². The number of pyridine rings is 1. The Kier molecular flexibility index (Phi) is 10.6. The Labute approximate surface area is 283 Å². The zero-order valence-electron chi connectivity index (χ0n) is 27.6. The first-order valence-electron chi connectivity index (χ1n) is 15.8. The van der Waals surface area contributed by atoms with E-state index in [4.69, 9.17) is 15.2 Å². The number of aryl methyl sites for hydroxylation is 1. The third kappa shape index (κ3) is 7.09. The number of fused-ring (bicyclic) bond motifs is 3. The first-order chi connectivity index (χ1) is 23.1. The van der Waals surface area contributed by atoms with Gasteiger partial charge in [-0.25, -0.2) is 9.78 Å². The number of methoxy groups -OCH3 is 1. The van der Waals surface area contributed by atoms with Gasteiger partial charge in [0.15, 0.2) is 5.69 Å². The fourth-order valence-electron chi connectivity index (χ4n) is 5.56. The van der Waals surface area contributed by atoms with Gasteiger partial charge in [0.1, 0.15) is 11.4 Å². The molecule has 0 radical (unpaired) electrons. The second-order valence-electron chi connectivity index (χ2n) is 11.7. The number of ether oxygens (including phenoxy) is 2. The molecule has 5 N–H and O–H groups in total. The quantitative estimate of drug-likeness (QED) is 0.161. The third-order valence-corrected chi connectivity index (χ3v) is 8.84. The predicted octanol–water partition coefficient (Wildman–Crippen LogP) is 5.50. The molecule has 0 aliphatic carbocycles. The van der Waals surface area contributed by atoms with Crippen LogP contribution >= 0.6 is 11.3 Å². The van der Waals surface area contributed by atoms with E-state index in [0.29, 0.717) is 42.1 Å². The number of rotatable bonds is 10.